The van der Waals surface area contributed by atoms with Crippen LogP contribution < -0.4 is 0 Å². The van der Waals surface area contributed by atoms with Gasteiger partial charge < -0.3 is 78.4 Å². The van der Waals surface area contributed by atoms with Crippen LogP contribution in [-0.4, -0.2) is 166 Å². The molecule has 19 atom stereocenters. The van der Waals surface area contributed by atoms with E-state index in [0.29, 0.717) is 25.2 Å². The predicted molar refractivity (Wildman–Crippen MR) is 261 cm³/mol. The number of hydrogen-bond acceptors (Lipinski definition) is 17. The molecule has 0 radical (unpaired) electrons. The van der Waals surface area contributed by atoms with Gasteiger partial charge in [-0.05, 0) is 112 Å². The molecule has 70 heavy (non-hydrogen) atoms. The SMILES string of the molecule is COCCCC1OC(O)(C(C)C2CC(C)CC=C(C)C=C(C)C=C(C)C(OC3OC(C)C(O)C(O)C3O)C(C)C=C(C)C=C(OC)C=C(C)C(=O)O2)C(OC)C(O)C1(C)OC1CC(C)(O)C(O)C(C)O1. The number of carbonyl (C=O) groups is 1. The molecule has 0 aromatic heterocycles. The maximum absolute atomic E-state index is 14.2. The lowest BCUT2D eigenvalue weighted by atomic mass is 9.74. The molecule has 0 saturated carbocycles. The van der Waals surface area contributed by atoms with Gasteiger partial charge in [0.1, 0.15) is 54.1 Å². The fourth-order valence-electron chi connectivity index (χ4n) is 10.1. The van der Waals surface area contributed by atoms with Gasteiger partial charge in [0.2, 0.25) is 5.79 Å². The lowest BCUT2D eigenvalue weighted by molar-refractivity contribution is -0.416. The van der Waals surface area contributed by atoms with Gasteiger partial charge in [-0.1, -0.05) is 61.8 Å². The molecule has 17 nitrogen and oxygen atoms in total. The van der Waals surface area contributed by atoms with Gasteiger partial charge in [-0.3, -0.25) is 0 Å². The van der Waals surface area contributed by atoms with Crippen molar-refractivity contribution in [2.45, 2.75) is 212 Å². The van der Waals surface area contributed by atoms with Gasteiger partial charge in [0, 0.05) is 44.7 Å². The van der Waals surface area contributed by atoms with Crippen LogP contribution in [0, 0.1) is 17.8 Å². The summed E-state index contributed by atoms with van der Waals surface area (Å²) in [5.41, 5.74) is 0.500. The number of rotatable bonds is 12. The molecule has 4 aliphatic heterocycles. The zero-order valence-corrected chi connectivity index (χ0v) is 44.2. The van der Waals surface area contributed by atoms with Gasteiger partial charge in [-0.2, -0.15) is 0 Å². The maximum atomic E-state index is 14.2. The highest BCUT2D eigenvalue weighted by Crippen LogP contribution is 2.47. The third kappa shape index (κ3) is 14.5. The van der Waals surface area contributed by atoms with Gasteiger partial charge in [0.05, 0.1) is 37.1 Å². The van der Waals surface area contributed by atoms with E-state index in [-0.39, 0.29) is 36.7 Å². The Labute approximate surface area is 415 Å². The Morgan fingerprint density at radius 3 is 2.10 bits per heavy atom. The minimum atomic E-state index is -2.25. The highest BCUT2D eigenvalue weighted by Gasteiger charge is 2.64. The van der Waals surface area contributed by atoms with Gasteiger partial charge in [-0.25, -0.2) is 4.79 Å². The molecule has 0 aliphatic carbocycles. The lowest BCUT2D eigenvalue weighted by Gasteiger charge is -2.57. The van der Waals surface area contributed by atoms with Gasteiger partial charge in [0.25, 0.3) is 0 Å². The molecule has 400 valence electrons. The third-order valence-corrected chi connectivity index (χ3v) is 14.4. The van der Waals surface area contributed by atoms with Crippen molar-refractivity contribution in [2.24, 2.45) is 17.8 Å². The number of aliphatic hydroxyl groups excluding tert-OH is 5. The molecule has 4 aliphatic rings. The van der Waals surface area contributed by atoms with Gasteiger partial charge in [-0.15, -0.1) is 0 Å². The molecule has 0 amide bonds. The molecule has 19 unspecified atom stereocenters. The van der Waals surface area contributed by atoms with Crippen molar-refractivity contribution in [2.75, 3.05) is 27.9 Å². The summed E-state index contributed by atoms with van der Waals surface area (Å²) in [5.74, 6) is -4.04. The van der Waals surface area contributed by atoms with E-state index in [9.17, 15) is 40.5 Å². The van der Waals surface area contributed by atoms with Crippen LogP contribution in [-0.2, 0) is 47.4 Å². The van der Waals surface area contributed by atoms with Crippen LogP contribution in [0.2, 0.25) is 0 Å². The van der Waals surface area contributed by atoms with Crippen LogP contribution in [0.4, 0.5) is 0 Å². The minimum Gasteiger partial charge on any atom is -0.497 e. The molecule has 3 saturated heterocycles. The minimum absolute atomic E-state index is 0.113. The highest BCUT2D eigenvalue weighted by molar-refractivity contribution is 5.88. The number of cyclic esters (lactones) is 1. The van der Waals surface area contributed by atoms with E-state index < -0.39 is 109 Å². The zero-order chi connectivity index (χ0) is 52.6. The summed E-state index contributed by atoms with van der Waals surface area (Å²) >= 11 is 0. The summed E-state index contributed by atoms with van der Waals surface area (Å²) in [6, 6.07) is 0. The normalized spacial score (nSPS) is 41.7. The Kier molecular flexibility index (Phi) is 21.7. The molecular weight excluding hydrogens is 909 g/mol. The summed E-state index contributed by atoms with van der Waals surface area (Å²) < 4.78 is 54.9. The van der Waals surface area contributed by atoms with Crippen molar-refractivity contribution in [3.05, 3.63) is 70.1 Å². The number of carbonyl (C=O) groups excluding carboxylic acids is 1. The largest absolute Gasteiger partial charge is 0.497 e. The average Bonchev–Trinajstić information content (AvgIpc) is 3.28. The second-order valence-electron chi connectivity index (χ2n) is 20.8. The average molecular weight is 995 g/mol. The molecule has 4 heterocycles. The first kappa shape index (κ1) is 59.7. The first-order valence-corrected chi connectivity index (χ1v) is 24.7. The summed E-state index contributed by atoms with van der Waals surface area (Å²) in [6.45, 7) is 21.7. The van der Waals surface area contributed by atoms with Crippen molar-refractivity contribution >= 4 is 5.97 Å². The van der Waals surface area contributed by atoms with E-state index in [0.717, 1.165) is 22.3 Å². The van der Waals surface area contributed by atoms with E-state index in [1.54, 1.807) is 53.9 Å². The summed E-state index contributed by atoms with van der Waals surface area (Å²) in [4.78, 5) is 14.2. The summed E-state index contributed by atoms with van der Waals surface area (Å²) in [6.07, 6.45) is -2.14. The monoisotopic (exact) mass is 995 g/mol. The molecule has 4 rings (SSSR count). The molecule has 0 bridgehead atoms. The molecule has 0 spiro atoms. The van der Waals surface area contributed by atoms with Crippen molar-refractivity contribution in [3.63, 3.8) is 0 Å². The summed E-state index contributed by atoms with van der Waals surface area (Å²) in [7, 11) is 4.38. The molecule has 7 N–H and O–H groups in total. The van der Waals surface area contributed by atoms with Crippen molar-refractivity contribution < 1.29 is 83.2 Å². The van der Waals surface area contributed by atoms with Crippen LogP contribution in [0.15, 0.2) is 70.1 Å². The third-order valence-electron chi connectivity index (χ3n) is 14.4. The maximum Gasteiger partial charge on any atom is 0.334 e. The topological polar surface area (TPSA) is 242 Å². The number of ether oxygens (including phenoxy) is 9. The van der Waals surface area contributed by atoms with Gasteiger partial charge >= 0.3 is 5.97 Å². The second kappa shape index (κ2) is 25.4. The predicted octanol–water partition coefficient (Wildman–Crippen LogP) is 4.99. The van der Waals surface area contributed by atoms with E-state index in [2.05, 4.69) is 6.08 Å². The van der Waals surface area contributed by atoms with E-state index >= 15 is 0 Å². The molecule has 3 fully saturated rings. The second-order valence-corrected chi connectivity index (χ2v) is 20.8. The van der Waals surface area contributed by atoms with Crippen molar-refractivity contribution in [1.82, 2.24) is 0 Å². The molecular formula is C53H86O17. The Morgan fingerprint density at radius 1 is 0.814 bits per heavy atom. The first-order valence-electron chi connectivity index (χ1n) is 24.7. The molecule has 0 aromatic carbocycles. The Balaban J connectivity index is 1.75. The van der Waals surface area contributed by atoms with Crippen LogP contribution in [0.25, 0.3) is 0 Å². The quantitative estimate of drug-likeness (QED) is 0.101. The summed E-state index contributed by atoms with van der Waals surface area (Å²) in [5, 5.41) is 78.7. The van der Waals surface area contributed by atoms with Crippen LogP contribution in [0.1, 0.15) is 115 Å². The van der Waals surface area contributed by atoms with Crippen molar-refractivity contribution in [1.29, 1.82) is 0 Å². The lowest BCUT2D eigenvalue weighted by Crippen LogP contribution is -2.74. The van der Waals surface area contributed by atoms with E-state index in [1.807, 2.05) is 59.8 Å². The molecule has 0 aromatic rings. The Hall–Kier alpha value is -2.85. The van der Waals surface area contributed by atoms with Gasteiger partial charge in [0.15, 0.2) is 12.6 Å². The fourth-order valence-corrected chi connectivity index (χ4v) is 10.1. The Bertz CT molecular complexity index is 1920. The Morgan fingerprint density at radius 2 is 1.49 bits per heavy atom. The number of aliphatic hydroxyl groups is 7. The van der Waals surface area contributed by atoms with Crippen LogP contribution in [0.3, 0.4) is 0 Å². The van der Waals surface area contributed by atoms with E-state index in [1.165, 1.54) is 21.1 Å². The van der Waals surface area contributed by atoms with Crippen LogP contribution >= 0.6 is 0 Å². The molecule has 17 heteroatoms. The number of allylic oxidation sites excluding steroid dienone is 8. The zero-order valence-electron chi connectivity index (χ0n) is 44.2. The van der Waals surface area contributed by atoms with E-state index in [4.69, 9.17) is 42.6 Å². The first-order chi connectivity index (χ1) is 32.6. The number of esters is 1. The highest BCUT2D eigenvalue weighted by atomic mass is 16.7. The number of hydrogen-bond donors (Lipinski definition) is 7. The fraction of sp³-hybridized carbons (Fsp3) is 0.755. The smallest absolute Gasteiger partial charge is 0.334 e. The van der Waals surface area contributed by atoms with Crippen LogP contribution in [0.5, 0.6) is 0 Å². The standard InChI is InChI=1S/C53H86O17/c1-28-18-19-29(2)25-39(35(8)53(61)48(64-15)47(58)52(12,40(69-53)17-16-20-62-13)70-41-27-51(11,60)46(57)37(10)65-41)67-49(59)34(7)26-38(63-14)24-31(4)23-33(6)45(32(5)22-30(3)21-28)68-50-44(56)43(55)42(54)36(9)66-50/h18,21-24,26,29,33,35-37,39-48,50,54-58,60-61H,16-17,19-20,25,27H2,1-15H3. The number of methoxy groups -OCH3 is 3. The van der Waals surface area contributed by atoms with Crippen molar-refractivity contribution in [3.8, 4) is 0 Å².